The van der Waals surface area contributed by atoms with Crippen molar-refractivity contribution in [1.29, 1.82) is 0 Å². The van der Waals surface area contributed by atoms with Crippen LogP contribution in [0.4, 0.5) is 5.69 Å². The third-order valence-electron chi connectivity index (χ3n) is 3.26. The Kier molecular flexibility index (Phi) is 3.92. The molecule has 2 unspecified atom stereocenters. The molecule has 1 aromatic heterocycles. The molecule has 0 bridgehead atoms. The summed E-state index contributed by atoms with van der Waals surface area (Å²) in [5, 5.41) is 0. The van der Waals surface area contributed by atoms with Gasteiger partial charge in [0.05, 0.1) is 5.56 Å². The third kappa shape index (κ3) is 2.80. The van der Waals surface area contributed by atoms with Gasteiger partial charge in [-0.25, -0.2) is 0 Å². The molecule has 1 heterocycles. The number of nitrogen functional groups attached to an aromatic ring is 1. The number of nitrogens with zero attached hydrogens (tertiary/aromatic N) is 1. The minimum atomic E-state index is -0.353. The first-order valence-electron chi connectivity index (χ1n) is 6.15. The zero-order valence-corrected chi connectivity index (χ0v) is 10.8. The minimum absolute atomic E-state index is 0.0815. The number of Topliss-reactive ketones (excluding diaryl/α,β-unsaturated/α-hetero) is 1. The van der Waals surface area contributed by atoms with Crippen molar-refractivity contribution in [1.82, 2.24) is 4.98 Å². The Morgan fingerprint density at radius 1 is 1.21 bits per heavy atom. The molecule has 2 rings (SSSR count). The molecule has 98 valence electrons. The predicted molar refractivity (Wildman–Crippen MR) is 75.5 cm³/mol. The maximum Gasteiger partial charge on any atom is 0.171 e. The van der Waals surface area contributed by atoms with Gasteiger partial charge in [-0.1, -0.05) is 37.3 Å². The number of benzene rings is 1. The van der Waals surface area contributed by atoms with E-state index in [1.54, 1.807) is 12.3 Å². The molecule has 0 spiro atoms. The van der Waals surface area contributed by atoms with E-state index in [9.17, 15) is 4.79 Å². The molecule has 0 amide bonds. The van der Waals surface area contributed by atoms with Crippen LogP contribution < -0.4 is 11.5 Å². The van der Waals surface area contributed by atoms with Gasteiger partial charge in [0.15, 0.2) is 5.78 Å². The molecule has 2 aromatic rings. The largest absolute Gasteiger partial charge is 0.398 e. The van der Waals surface area contributed by atoms with Gasteiger partial charge in [0.25, 0.3) is 0 Å². The van der Waals surface area contributed by atoms with Gasteiger partial charge in [0.1, 0.15) is 0 Å². The summed E-state index contributed by atoms with van der Waals surface area (Å²) in [6.45, 7) is 1.81. The van der Waals surface area contributed by atoms with E-state index >= 15 is 0 Å². The molecule has 0 saturated carbocycles. The fraction of sp³-hybridized carbons (Fsp3) is 0.200. The van der Waals surface area contributed by atoms with E-state index < -0.39 is 0 Å². The van der Waals surface area contributed by atoms with Crippen LogP contribution in [0.3, 0.4) is 0 Å². The van der Waals surface area contributed by atoms with E-state index in [1.807, 2.05) is 37.3 Å². The summed E-state index contributed by atoms with van der Waals surface area (Å²) in [7, 11) is 0. The molecule has 4 N–H and O–H groups in total. The van der Waals surface area contributed by atoms with Crippen molar-refractivity contribution in [2.45, 2.75) is 13.0 Å². The van der Waals surface area contributed by atoms with Crippen molar-refractivity contribution in [3.8, 4) is 0 Å². The molecule has 0 aliphatic heterocycles. The number of aromatic nitrogens is 1. The first-order chi connectivity index (χ1) is 9.11. The Balaban J connectivity index is 2.23. The first kappa shape index (κ1) is 13.2. The zero-order valence-electron chi connectivity index (χ0n) is 10.8. The van der Waals surface area contributed by atoms with Crippen LogP contribution in [0.25, 0.3) is 0 Å². The lowest BCUT2D eigenvalue weighted by Crippen LogP contribution is -2.26. The summed E-state index contributed by atoms with van der Waals surface area (Å²) in [6.07, 6.45) is 3.06. The molecule has 0 radical (unpaired) electrons. The van der Waals surface area contributed by atoms with Gasteiger partial charge in [-0.2, -0.15) is 0 Å². The van der Waals surface area contributed by atoms with Crippen molar-refractivity contribution < 1.29 is 4.79 Å². The average molecular weight is 255 g/mol. The molecule has 0 aliphatic rings. The van der Waals surface area contributed by atoms with Crippen LogP contribution in [0, 0.1) is 5.92 Å². The summed E-state index contributed by atoms with van der Waals surface area (Å²) >= 11 is 0. The highest BCUT2D eigenvalue weighted by Gasteiger charge is 2.24. The predicted octanol–water partition coefficient (Wildman–Crippen LogP) is 2.18. The number of carbonyl (C=O) groups excluding carboxylic acids is 1. The number of pyridine rings is 1. The van der Waals surface area contributed by atoms with Crippen molar-refractivity contribution >= 4 is 11.5 Å². The Morgan fingerprint density at radius 2 is 1.89 bits per heavy atom. The number of hydrogen-bond donors (Lipinski definition) is 2. The molecular weight excluding hydrogens is 238 g/mol. The summed E-state index contributed by atoms with van der Waals surface area (Å²) in [4.78, 5) is 16.3. The highest BCUT2D eigenvalue weighted by atomic mass is 16.1. The second-order valence-electron chi connectivity index (χ2n) is 4.55. The van der Waals surface area contributed by atoms with E-state index in [0.29, 0.717) is 11.3 Å². The summed E-state index contributed by atoms with van der Waals surface area (Å²) in [5.41, 5.74) is 13.7. The van der Waals surface area contributed by atoms with Crippen LogP contribution in [0.5, 0.6) is 0 Å². The molecule has 0 saturated heterocycles. The number of anilines is 1. The second-order valence-corrected chi connectivity index (χ2v) is 4.55. The SMILES string of the molecule is CC(C(=O)c1cnccc1N)C(N)c1ccccc1. The molecule has 19 heavy (non-hydrogen) atoms. The van der Waals surface area contributed by atoms with E-state index in [0.717, 1.165) is 5.56 Å². The van der Waals surface area contributed by atoms with E-state index in [2.05, 4.69) is 4.98 Å². The maximum atomic E-state index is 12.4. The van der Waals surface area contributed by atoms with E-state index in [4.69, 9.17) is 11.5 Å². The monoisotopic (exact) mass is 255 g/mol. The normalized spacial score (nSPS) is 13.8. The standard InChI is InChI=1S/C15H17N3O/c1-10(14(17)11-5-3-2-4-6-11)15(19)12-9-18-8-7-13(12)16/h2-10,14H,17H2,1H3,(H2,16,18). The number of nitrogens with two attached hydrogens (primary N) is 2. The van der Waals surface area contributed by atoms with Gasteiger partial charge in [-0.15, -0.1) is 0 Å². The number of carbonyl (C=O) groups is 1. The second kappa shape index (κ2) is 5.63. The zero-order chi connectivity index (χ0) is 13.8. The quantitative estimate of drug-likeness (QED) is 0.820. The van der Waals surface area contributed by atoms with Crippen LogP contribution in [0.15, 0.2) is 48.8 Å². The third-order valence-corrected chi connectivity index (χ3v) is 3.26. The van der Waals surface area contributed by atoms with Gasteiger partial charge in [-0.3, -0.25) is 9.78 Å². The Hall–Kier alpha value is -2.20. The molecule has 0 fully saturated rings. The summed E-state index contributed by atoms with van der Waals surface area (Å²) in [6, 6.07) is 10.8. The van der Waals surface area contributed by atoms with E-state index in [1.165, 1.54) is 6.20 Å². The lowest BCUT2D eigenvalue weighted by molar-refractivity contribution is 0.0913. The Labute approximate surface area is 112 Å². The van der Waals surface area contributed by atoms with Crippen LogP contribution in [0.1, 0.15) is 28.9 Å². The minimum Gasteiger partial charge on any atom is -0.398 e. The number of rotatable bonds is 4. The molecular formula is C15H17N3O. The molecule has 0 aliphatic carbocycles. The Bertz CT molecular complexity index is 569. The highest BCUT2D eigenvalue weighted by Crippen LogP contribution is 2.24. The van der Waals surface area contributed by atoms with Crippen LogP contribution in [-0.4, -0.2) is 10.8 Å². The molecule has 4 heteroatoms. The van der Waals surface area contributed by atoms with Crippen molar-refractivity contribution in [3.63, 3.8) is 0 Å². The van der Waals surface area contributed by atoms with Gasteiger partial charge in [0.2, 0.25) is 0 Å². The van der Waals surface area contributed by atoms with Crippen LogP contribution >= 0.6 is 0 Å². The smallest absolute Gasteiger partial charge is 0.171 e. The summed E-state index contributed by atoms with van der Waals surface area (Å²) < 4.78 is 0. The topological polar surface area (TPSA) is 82.0 Å². The van der Waals surface area contributed by atoms with Crippen molar-refractivity contribution in [2.75, 3.05) is 5.73 Å². The first-order valence-corrected chi connectivity index (χ1v) is 6.15. The van der Waals surface area contributed by atoms with Crippen LogP contribution in [0.2, 0.25) is 0 Å². The van der Waals surface area contributed by atoms with Gasteiger partial charge < -0.3 is 11.5 Å². The lowest BCUT2D eigenvalue weighted by atomic mass is 9.89. The molecule has 1 aromatic carbocycles. The average Bonchev–Trinajstić information content (AvgIpc) is 2.46. The Morgan fingerprint density at radius 3 is 2.53 bits per heavy atom. The number of hydrogen-bond acceptors (Lipinski definition) is 4. The number of ketones is 1. The van der Waals surface area contributed by atoms with Crippen LogP contribution in [-0.2, 0) is 0 Å². The lowest BCUT2D eigenvalue weighted by Gasteiger charge is -2.19. The maximum absolute atomic E-state index is 12.4. The van der Waals surface area contributed by atoms with Gasteiger partial charge in [0, 0.05) is 30.0 Å². The fourth-order valence-corrected chi connectivity index (χ4v) is 1.98. The van der Waals surface area contributed by atoms with E-state index in [-0.39, 0.29) is 17.7 Å². The fourth-order valence-electron chi connectivity index (χ4n) is 1.98. The molecule has 4 nitrogen and oxygen atoms in total. The molecule has 2 atom stereocenters. The van der Waals surface area contributed by atoms with Gasteiger partial charge >= 0.3 is 0 Å². The van der Waals surface area contributed by atoms with Crippen molar-refractivity contribution in [2.24, 2.45) is 11.7 Å². The van der Waals surface area contributed by atoms with Crippen molar-refractivity contribution in [3.05, 3.63) is 59.9 Å². The highest BCUT2D eigenvalue weighted by molar-refractivity contribution is 6.02. The summed E-state index contributed by atoms with van der Waals surface area (Å²) in [5.74, 6) is -0.434. The van der Waals surface area contributed by atoms with Gasteiger partial charge in [-0.05, 0) is 11.6 Å².